The van der Waals surface area contributed by atoms with Crippen molar-refractivity contribution in [2.24, 2.45) is 13.0 Å². The van der Waals surface area contributed by atoms with Crippen molar-refractivity contribution in [2.75, 3.05) is 13.1 Å². The molecule has 0 N–H and O–H groups in total. The topological polar surface area (TPSA) is 51.0 Å². The zero-order valence-electron chi connectivity index (χ0n) is 13.0. The third-order valence-corrected chi connectivity index (χ3v) is 4.50. The van der Waals surface area contributed by atoms with E-state index in [-0.39, 0.29) is 5.91 Å². The van der Waals surface area contributed by atoms with Crippen LogP contribution < -0.4 is 0 Å². The predicted octanol–water partition coefficient (Wildman–Crippen LogP) is 2.28. The van der Waals surface area contributed by atoms with Gasteiger partial charge in [-0.25, -0.2) is 0 Å². The molecule has 0 bridgehead atoms. The minimum Gasteiger partial charge on any atom is -0.349 e. The summed E-state index contributed by atoms with van der Waals surface area (Å²) in [7, 11) is 2.05. The van der Waals surface area contributed by atoms with Crippen LogP contribution in [0.25, 0.3) is 10.9 Å². The number of aromatic nitrogens is 3. The standard InChI is InChI=1S/C18H18N4O/c1-21-8-5-14-4-7-20-16(17(14)21)9-13-11-22(12-13)18(23)15-3-2-6-19-10-15/h2-8,10,13H,9,11-12H2,1H3. The highest BCUT2D eigenvalue weighted by Crippen LogP contribution is 2.25. The number of nitrogens with zero attached hydrogens (tertiary/aromatic N) is 4. The van der Waals surface area contributed by atoms with E-state index in [9.17, 15) is 4.79 Å². The van der Waals surface area contributed by atoms with E-state index in [1.165, 1.54) is 10.9 Å². The minimum absolute atomic E-state index is 0.0689. The Morgan fingerprint density at radius 3 is 2.91 bits per heavy atom. The van der Waals surface area contributed by atoms with E-state index in [0.717, 1.165) is 25.2 Å². The first-order chi connectivity index (χ1) is 11.2. The summed E-state index contributed by atoms with van der Waals surface area (Å²) in [5.41, 5.74) is 2.98. The molecule has 3 aromatic heterocycles. The minimum atomic E-state index is 0.0689. The van der Waals surface area contributed by atoms with E-state index in [1.807, 2.05) is 30.3 Å². The van der Waals surface area contributed by atoms with E-state index in [2.05, 4.69) is 26.8 Å². The van der Waals surface area contributed by atoms with Crippen molar-refractivity contribution in [3.05, 3.63) is 60.3 Å². The molecule has 3 aromatic rings. The molecule has 0 atom stereocenters. The van der Waals surface area contributed by atoms with Crippen LogP contribution in [0.5, 0.6) is 0 Å². The van der Waals surface area contributed by atoms with Gasteiger partial charge in [-0.15, -0.1) is 0 Å². The van der Waals surface area contributed by atoms with E-state index >= 15 is 0 Å². The number of rotatable bonds is 3. The van der Waals surface area contributed by atoms with Crippen molar-refractivity contribution in [2.45, 2.75) is 6.42 Å². The Bertz CT molecular complexity index is 850. The van der Waals surface area contributed by atoms with Gasteiger partial charge in [0.25, 0.3) is 5.91 Å². The average molecular weight is 306 g/mol. The third-order valence-electron chi connectivity index (χ3n) is 4.50. The normalized spacial score (nSPS) is 14.9. The number of amides is 1. The Morgan fingerprint density at radius 2 is 2.13 bits per heavy atom. The van der Waals surface area contributed by atoms with Gasteiger partial charge >= 0.3 is 0 Å². The lowest BCUT2D eigenvalue weighted by atomic mass is 9.93. The fourth-order valence-electron chi connectivity index (χ4n) is 3.28. The zero-order chi connectivity index (χ0) is 15.8. The Balaban J connectivity index is 1.44. The van der Waals surface area contributed by atoms with Gasteiger partial charge in [-0.3, -0.25) is 14.8 Å². The van der Waals surface area contributed by atoms with Gasteiger partial charge in [0.05, 0.1) is 16.8 Å². The van der Waals surface area contributed by atoms with E-state index in [0.29, 0.717) is 11.5 Å². The quantitative estimate of drug-likeness (QED) is 0.746. The molecule has 1 aliphatic heterocycles. The second kappa shape index (κ2) is 5.50. The Hall–Kier alpha value is -2.69. The van der Waals surface area contributed by atoms with Crippen molar-refractivity contribution in [1.82, 2.24) is 19.4 Å². The molecule has 5 heteroatoms. The van der Waals surface area contributed by atoms with Gasteiger partial charge in [-0.2, -0.15) is 0 Å². The summed E-state index contributed by atoms with van der Waals surface area (Å²) in [6.07, 6.45) is 8.15. The molecule has 4 rings (SSSR count). The lowest BCUT2D eigenvalue weighted by Gasteiger charge is -2.39. The Kier molecular flexibility index (Phi) is 3.33. The molecule has 1 fully saturated rings. The smallest absolute Gasteiger partial charge is 0.255 e. The van der Waals surface area contributed by atoms with Crippen LogP contribution in [0.2, 0.25) is 0 Å². The number of fused-ring (bicyclic) bond motifs is 1. The van der Waals surface area contributed by atoms with Gasteiger partial charge in [0.15, 0.2) is 0 Å². The second-order valence-corrected chi connectivity index (χ2v) is 6.14. The fraction of sp³-hybridized carbons (Fsp3) is 0.278. The summed E-state index contributed by atoms with van der Waals surface area (Å²) in [6.45, 7) is 1.58. The van der Waals surface area contributed by atoms with Crippen LogP contribution in [0.15, 0.2) is 49.1 Å². The highest BCUT2D eigenvalue weighted by Gasteiger charge is 2.32. The molecule has 0 unspecified atom stereocenters. The molecule has 1 aliphatic rings. The molecule has 5 nitrogen and oxygen atoms in total. The maximum absolute atomic E-state index is 12.3. The average Bonchev–Trinajstić information content (AvgIpc) is 2.93. The highest BCUT2D eigenvalue weighted by atomic mass is 16.2. The van der Waals surface area contributed by atoms with Crippen LogP contribution in [-0.2, 0) is 13.5 Å². The third kappa shape index (κ3) is 2.48. The van der Waals surface area contributed by atoms with Crippen LogP contribution in [0.4, 0.5) is 0 Å². The summed E-state index contributed by atoms with van der Waals surface area (Å²) in [5.74, 6) is 0.544. The molecule has 0 saturated carbocycles. The van der Waals surface area contributed by atoms with Crippen molar-refractivity contribution in [3.63, 3.8) is 0 Å². The van der Waals surface area contributed by atoms with Gasteiger partial charge in [0.2, 0.25) is 0 Å². The molecule has 23 heavy (non-hydrogen) atoms. The molecular weight excluding hydrogens is 288 g/mol. The van der Waals surface area contributed by atoms with E-state index in [4.69, 9.17) is 0 Å². The number of pyridine rings is 2. The maximum atomic E-state index is 12.3. The van der Waals surface area contributed by atoms with Gasteiger partial charge in [-0.1, -0.05) is 0 Å². The monoisotopic (exact) mass is 306 g/mol. The van der Waals surface area contributed by atoms with Crippen LogP contribution in [0, 0.1) is 5.92 Å². The fourth-order valence-corrected chi connectivity index (χ4v) is 3.28. The van der Waals surface area contributed by atoms with Crippen molar-refractivity contribution in [1.29, 1.82) is 0 Å². The molecular formula is C18H18N4O. The van der Waals surface area contributed by atoms with Crippen molar-refractivity contribution in [3.8, 4) is 0 Å². The van der Waals surface area contributed by atoms with E-state index in [1.54, 1.807) is 18.5 Å². The number of hydrogen-bond donors (Lipinski definition) is 0. The van der Waals surface area contributed by atoms with Crippen LogP contribution in [0.3, 0.4) is 0 Å². The largest absolute Gasteiger partial charge is 0.349 e. The first kappa shape index (κ1) is 13.9. The lowest BCUT2D eigenvalue weighted by Crippen LogP contribution is -2.50. The summed E-state index contributed by atoms with van der Waals surface area (Å²) >= 11 is 0. The molecule has 116 valence electrons. The lowest BCUT2D eigenvalue weighted by molar-refractivity contribution is 0.0499. The Labute approximate surface area is 134 Å². The summed E-state index contributed by atoms with van der Waals surface area (Å²) in [5, 5.41) is 1.22. The van der Waals surface area contributed by atoms with Crippen LogP contribution in [-0.4, -0.2) is 38.4 Å². The Morgan fingerprint density at radius 1 is 1.26 bits per heavy atom. The van der Waals surface area contributed by atoms with Crippen LogP contribution in [0.1, 0.15) is 16.1 Å². The molecule has 0 radical (unpaired) electrons. The summed E-state index contributed by atoms with van der Waals surface area (Å²) in [4.78, 5) is 22.8. The number of carbonyl (C=O) groups excluding carboxylic acids is 1. The maximum Gasteiger partial charge on any atom is 0.255 e. The van der Waals surface area contributed by atoms with E-state index < -0.39 is 0 Å². The van der Waals surface area contributed by atoms with Crippen molar-refractivity contribution >= 4 is 16.8 Å². The summed E-state index contributed by atoms with van der Waals surface area (Å²) in [6, 6.07) is 7.76. The second-order valence-electron chi connectivity index (χ2n) is 6.14. The van der Waals surface area contributed by atoms with Gasteiger partial charge < -0.3 is 9.47 Å². The first-order valence-electron chi connectivity index (χ1n) is 7.80. The molecule has 1 amide bonds. The van der Waals surface area contributed by atoms with Gasteiger partial charge in [0, 0.05) is 50.3 Å². The molecule has 0 aromatic carbocycles. The van der Waals surface area contributed by atoms with Gasteiger partial charge in [0.1, 0.15) is 0 Å². The van der Waals surface area contributed by atoms with Crippen molar-refractivity contribution < 1.29 is 4.79 Å². The number of hydrogen-bond acceptors (Lipinski definition) is 3. The number of aryl methyl sites for hydroxylation is 1. The molecule has 0 aliphatic carbocycles. The zero-order valence-corrected chi connectivity index (χ0v) is 13.0. The van der Waals surface area contributed by atoms with Gasteiger partial charge in [-0.05, 0) is 36.6 Å². The summed E-state index contributed by atoms with van der Waals surface area (Å²) < 4.78 is 2.12. The van der Waals surface area contributed by atoms with Crippen LogP contribution >= 0.6 is 0 Å². The highest BCUT2D eigenvalue weighted by molar-refractivity contribution is 5.94. The predicted molar refractivity (Wildman–Crippen MR) is 88.0 cm³/mol. The molecule has 0 spiro atoms. The SMILES string of the molecule is Cn1ccc2ccnc(CC3CN(C(=O)c4cccnc4)C3)c21. The number of likely N-dealkylation sites (tertiary alicyclic amines) is 1. The first-order valence-corrected chi connectivity index (χ1v) is 7.80. The molecule has 1 saturated heterocycles. The molecule has 4 heterocycles. The number of carbonyl (C=O) groups is 1.